The molecule has 0 spiro atoms. The second-order valence-corrected chi connectivity index (χ2v) is 4.50. The lowest BCUT2D eigenvalue weighted by Crippen LogP contribution is -2.30. The van der Waals surface area contributed by atoms with Crippen molar-refractivity contribution in [3.8, 4) is 0 Å². The molecule has 0 aliphatic carbocycles. The molecule has 1 aliphatic rings. The van der Waals surface area contributed by atoms with Gasteiger partial charge in [-0.15, -0.1) is 0 Å². The lowest BCUT2D eigenvalue weighted by Gasteiger charge is -2.21. The number of nitrogens with one attached hydrogen (secondary N) is 2. The number of pyridine rings is 1. The molecule has 4 heteroatoms. The summed E-state index contributed by atoms with van der Waals surface area (Å²) < 4.78 is 0. The molecule has 0 aromatic carbocycles. The molecule has 1 aromatic heterocycles. The minimum Gasteiger partial charge on any atom is -0.330 e. The second-order valence-electron chi connectivity index (χ2n) is 4.50. The van der Waals surface area contributed by atoms with Gasteiger partial charge in [-0.05, 0) is 44.0 Å². The first kappa shape index (κ1) is 11.5. The Morgan fingerprint density at radius 2 is 2.00 bits per heavy atom. The van der Waals surface area contributed by atoms with E-state index in [9.17, 15) is 0 Å². The first-order valence-electron chi connectivity index (χ1n) is 5.88. The van der Waals surface area contributed by atoms with Crippen molar-refractivity contribution < 1.29 is 0 Å². The molecule has 88 valence electrons. The Morgan fingerprint density at radius 3 is 2.62 bits per heavy atom. The summed E-state index contributed by atoms with van der Waals surface area (Å²) in [4.78, 5) is 4.19. The summed E-state index contributed by atoms with van der Waals surface area (Å²) in [5, 5.41) is 0. The molecule has 1 aromatic rings. The van der Waals surface area contributed by atoms with E-state index in [1.54, 1.807) is 0 Å². The standard InChI is InChI=1S/C12H20N4/c1-8-12(9(2)16-15-8)11-4-6-14-7-10(11)3-5-13/h4,6-9,12,15-16H,3,5,13H2,1-2H3. The zero-order valence-corrected chi connectivity index (χ0v) is 9.90. The van der Waals surface area contributed by atoms with Gasteiger partial charge in [-0.3, -0.25) is 15.8 Å². The van der Waals surface area contributed by atoms with Crippen LogP contribution in [-0.4, -0.2) is 23.6 Å². The fraction of sp³-hybridized carbons (Fsp3) is 0.583. The Balaban J connectivity index is 2.31. The maximum absolute atomic E-state index is 5.64. The molecule has 2 unspecified atom stereocenters. The molecule has 0 bridgehead atoms. The monoisotopic (exact) mass is 220 g/mol. The third-order valence-corrected chi connectivity index (χ3v) is 3.33. The molecule has 2 rings (SSSR count). The Morgan fingerprint density at radius 1 is 1.31 bits per heavy atom. The zero-order chi connectivity index (χ0) is 11.5. The van der Waals surface area contributed by atoms with Crippen molar-refractivity contribution in [1.82, 2.24) is 15.8 Å². The molecule has 16 heavy (non-hydrogen) atoms. The third-order valence-electron chi connectivity index (χ3n) is 3.33. The van der Waals surface area contributed by atoms with Crippen molar-refractivity contribution in [1.29, 1.82) is 0 Å². The van der Waals surface area contributed by atoms with E-state index in [4.69, 9.17) is 5.73 Å². The summed E-state index contributed by atoms with van der Waals surface area (Å²) in [6.07, 6.45) is 4.71. The van der Waals surface area contributed by atoms with Crippen molar-refractivity contribution >= 4 is 0 Å². The van der Waals surface area contributed by atoms with E-state index in [0.717, 1.165) is 6.42 Å². The summed E-state index contributed by atoms with van der Waals surface area (Å²) >= 11 is 0. The van der Waals surface area contributed by atoms with Crippen LogP contribution in [0.25, 0.3) is 0 Å². The predicted octanol–water partition coefficient (Wildman–Crippen LogP) is 0.551. The van der Waals surface area contributed by atoms with E-state index >= 15 is 0 Å². The number of nitrogens with two attached hydrogens (primary N) is 1. The maximum atomic E-state index is 5.64. The van der Waals surface area contributed by atoms with Gasteiger partial charge < -0.3 is 5.73 Å². The van der Waals surface area contributed by atoms with Gasteiger partial charge in [0.2, 0.25) is 0 Å². The third kappa shape index (κ3) is 2.09. The van der Waals surface area contributed by atoms with Crippen LogP contribution in [0.5, 0.6) is 0 Å². The highest BCUT2D eigenvalue weighted by molar-refractivity contribution is 5.31. The largest absolute Gasteiger partial charge is 0.330 e. The minimum absolute atomic E-state index is 0.439. The Kier molecular flexibility index (Phi) is 3.53. The number of nitrogens with zero attached hydrogens (tertiary/aromatic N) is 1. The van der Waals surface area contributed by atoms with Gasteiger partial charge in [-0.25, -0.2) is 0 Å². The fourth-order valence-corrected chi connectivity index (χ4v) is 2.54. The number of hydrazine groups is 1. The van der Waals surface area contributed by atoms with Gasteiger partial charge in [-0.1, -0.05) is 0 Å². The molecule has 0 saturated carbocycles. The van der Waals surface area contributed by atoms with E-state index in [1.165, 1.54) is 11.1 Å². The molecule has 1 fully saturated rings. The number of rotatable bonds is 3. The van der Waals surface area contributed by atoms with Gasteiger partial charge in [-0.2, -0.15) is 0 Å². The summed E-state index contributed by atoms with van der Waals surface area (Å²) in [5.41, 5.74) is 14.9. The average Bonchev–Trinajstić information content (AvgIpc) is 2.60. The fourth-order valence-electron chi connectivity index (χ4n) is 2.54. The van der Waals surface area contributed by atoms with Gasteiger partial charge in [0.15, 0.2) is 0 Å². The van der Waals surface area contributed by atoms with Crippen LogP contribution in [0, 0.1) is 0 Å². The van der Waals surface area contributed by atoms with E-state index in [-0.39, 0.29) is 0 Å². The Hall–Kier alpha value is -0.970. The normalized spacial score (nSPS) is 29.6. The van der Waals surface area contributed by atoms with E-state index in [1.807, 2.05) is 12.4 Å². The van der Waals surface area contributed by atoms with Crippen molar-refractivity contribution in [2.24, 2.45) is 5.73 Å². The predicted molar refractivity (Wildman–Crippen MR) is 64.9 cm³/mol. The highest BCUT2D eigenvalue weighted by Crippen LogP contribution is 2.29. The number of hydrogen-bond donors (Lipinski definition) is 3. The van der Waals surface area contributed by atoms with Gasteiger partial charge in [0.05, 0.1) is 0 Å². The lowest BCUT2D eigenvalue weighted by molar-refractivity contribution is 0.567. The molecule has 4 nitrogen and oxygen atoms in total. The van der Waals surface area contributed by atoms with Crippen molar-refractivity contribution in [3.05, 3.63) is 29.6 Å². The molecule has 0 amide bonds. The van der Waals surface area contributed by atoms with Crippen molar-refractivity contribution in [2.75, 3.05) is 6.54 Å². The number of aromatic nitrogens is 1. The summed E-state index contributed by atoms with van der Waals surface area (Å²) in [6.45, 7) is 5.08. The van der Waals surface area contributed by atoms with Gasteiger partial charge in [0, 0.05) is 30.4 Å². The van der Waals surface area contributed by atoms with Crippen LogP contribution in [0.2, 0.25) is 0 Å². The number of hydrogen-bond acceptors (Lipinski definition) is 4. The molecular weight excluding hydrogens is 200 g/mol. The van der Waals surface area contributed by atoms with Gasteiger partial charge in [0.25, 0.3) is 0 Å². The van der Waals surface area contributed by atoms with E-state index in [0.29, 0.717) is 24.5 Å². The molecule has 1 aliphatic heterocycles. The first-order valence-corrected chi connectivity index (χ1v) is 5.88. The van der Waals surface area contributed by atoms with Crippen LogP contribution >= 0.6 is 0 Å². The molecule has 1 saturated heterocycles. The maximum Gasteiger partial charge on any atom is 0.0303 e. The van der Waals surface area contributed by atoms with Crippen molar-refractivity contribution in [2.45, 2.75) is 38.3 Å². The summed E-state index contributed by atoms with van der Waals surface area (Å²) in [5.74, 6) is 0.490. The van der Waals surface area contributed by atoms with Crippen LogP contribution in [-0.2, 0) is 6.42 Å². The molecule has 2 heterocycles. The highest BCUT2D eigenvalue weighted by Gasteiger charge is 2.32. The zero-order valence-electron chi connectivity index (χ0n) is 9.90. The van der Waals surface area contributed by atoms with Crippen molar-refractivity contribution in [3.63, 3.8) is 0 Å². The molecule has 4 N–H and O–H groups in total. The quantitative estimate of drug-likeness (QED) is 0.696. The summed E-state index contributed by atoms with van der Waals surface area (Å²) in [7, 11) is 0. The Bertz CT molecular complexity index is 343. The van der Waals surface area contributed by atoms with Crippen LogP contribution in [0.1, 0.15) is 30.9 Å². The van der Waals surface area contributed by atoms with Crippen LogP contribution < -0.4 is 16.6 Å². The highest BCUT2D eigenvalue weighted by atomic mass is 15.4. The smallest absolute Gasteiger partial charge is 0.0303 e. The van der Waals surface area contributed by atoms with Crippen LogP contribution in [0.3, 0.4) is 0 Å². The lowest BCUT2D eigenvalue weighted by atomic mass is 9.86. The second kappa shape index (κ2) is 4.91. The van der Waals surface area contributed by atoms with E-state index in [2.05, 4.69) is 35.7 Å². The molecule has 2 atom stereocenters. The van der Waals surface area contributed by atoms with Crippen LogP contribution in [0.15, 0.2) is 18.5 Å². The van der Waals surface area contributed by atoms with Gasteiger partial charge in [0.1, 0.15) is 0 Å². The minimum atomic E-state index is 0.439. The molecule has 0 radical (unpaired) electrons. The Labute approximate surface area is 96.6 Å². The van der Waals surface area contributed by atoms with Crippen LogP contribution in [0.4, 0.5) is 0 Å². The topological polar surface area (TPSA) is 63.0 Å². The average molecular weight is 220 g/mol. The van der Waals surface area contributed by atoms with Gasteiger partial charge >= 0.3 is 0 Å². The van der Waals surface area contributed by atoms with E-state index < -0.39 is 0 Å². The SMILES string of the molecule is CC1NNC(C)C1c1ccncc1CCN. The molecular formula is C12H20N4. The first-order chi connectivity index (χ1) is 7.74. The summed E-state index contributed by atoms with van der Waals surface area (Å²) in [6, 6.07) is 3.00.